The highest BCUT2D eigenvalue weighted by Crippen LogP contribution is 2.50. The SMILES string of the molecule is CC(C(=O)OCc1ccccc1)N(Oc1ccccc1)[PH](=O)OC[C@@]1(N=[N+]=[N-])O[C@@H](n2ccc(N)nc2=O)[C@@H]2OC(C)(C)O[C@@H]21. The summed E-state index contributed by atoms with van der Waals surface area (Å²) in [6.45, 7) is 4.06. The number of fused-ring (bicyclic) bond motifs is 1. The molecule has 2 unspecified atom stereocenters. The van der Waals surface area contributed by atoms with Crippen LogP contribution in [0.4, 0.5) is 5.82 Å². The first-order chi connectivity index (χ1) is 21.5. The van der Waals surface area contributed by atoms with Gasteiger partial charge in [0.2, 0.25) is 5.72 Å². The predicted molar refractivity (Wildman–Crippen MR) is 158 cm³/mol. The van der Waals surface area contributed by atoms with Crippen molar-refractivity contribution in [2.24, 2.45) is 5.11 Å². The number of azide groups is 1. The van der Waals surface area contributed by atoms with Gasteiger partial charge in [0.15, 0.2) is 12.0 Å². The average molecular weight is 642 g/mol. The predicted octanol–water partition coefficient (Wildman–Crippen LogP) is 3.72. The summed E-state index contributed by atoms with van der Waals surface area (Å²) in [6, 6.07) is 17.6. The van der Waals surface area contributed by atoms with Crippen molar-refractivity contribution >= 4 is 20.0 Å². The molecule has 2 aliphatic heterocycles. The Labute approximate surface area is 258 Å². The van der Waals surface area contributed by atoms with E-state index in [1.165, 1.54) is 19.2 Å². The Kier molecular flexibility index (Phi) is 9.56. The van der Waals surface area contributed by atoms with Crippen LogP contribution in [0.3, 0.4) is 0 Å². The average Bonchev–Trinajstić information content (AvgIpc) is 3.49. The standard InChI is InChI=1S/C28H32N7O9P/c1-18(25(36)39-16-19-10-6-4-7-11-19)35(44-20-12-8-5-9-13-20)45(38)40-17-28(32-33-30)23-22(41-27(2,3)42-23)24(43-28)34-15-14-21(29)31-26(34)37/h4-15,18,22-24,45H,16-17H2,1-3H3,(H2,29,31,37)/t18?,22-,23+,24-,28-/m1/s1. The second-order valence-corrected chi connectivity index (χ2v) is 11.9. The van der Waals surface area contributed by atoms with E-state index < -0.39 is 62.4 Å². The summed E-state index contributed by atoms with van der Waals surface area (Å²) in [5, 5.41) is 3.84. The summed E-state index contributed by atoms with van der Waals surface area (Å²) in [7, 11) is -3.44. The van der Waals surface area contributed by atoms with Crippen LogP contribution in [0.15, 0.2) is 82.8 Å². The Morgan fingerprint density at radius 3 is 2.51 bits per heavy atom. The molecule has 1 aromatic heterocycles. The highest BCUT2D eigenvalue weighted by molar-refractivity contribution is 7.36. The number of esters is 1. The molecule has 2 N–H and O–H groups in total. The first-order valence-electron chi connectivity index (χ1n) is 13.9. The fourth-order valence-electron chi connectivity index (χ4n) is 4.87. The van der Waals surface area contributed by atoms with Crippen molar-refractivity contribution in [3.05, 3.63) is 99.4 Å². The van der Waals surface area contributed by atoms with Gasteiger partial charge in [-0.05, 0) is 50.1 Å². The number of carbonyl (C=O) groups excluding carboxylic acids is 1. The third-order valence-corrected chi connectivity index (χ3v) is 8.20. The van der Waals surface area contributed by atoms with E-state index in [1.54, 1.807) is 56.3 Å². The lowest BCUT2D eigenvalue weighted by molar-refractivity contribution is -0.224. The van der Waals surface area contributed by atoms with Crippen molar-refractivity contribution in [3.63, 3.8) is 0 Å². The Hall–Kier alpha value is -4.27. The molecule has 2 aliphatic rings. The van der Waals surface area contributed by atoms with E-state index >= 15 is 0 Å². The maximum atomic E-state index is 13.7. The largest absolute Gasteiger partial charge is 0.460 e. The summed E-state index contributed by atoms with van der Waals surface area (Å²) in [4.78, 5) is 39.1. The number of nitrogens with two attached hydrogens (primary N) is 1. The summed E-state index contributed by atoms with van der Waals surface area (Å²) >= 11 is 0. The van der Waals surface area contributed by atoms with Gasteiger partial charge in [-0.25, -0.2) is 4.79 Å². The number of ether oxygens (including phenoxy) is 4. The van der Waals surface area contributed by atoms with E-state index in [0.29, 0.717) is 0 Å². The molecule has 6 atom stereocenters. The first kappa shape index (κ1) is 32.1. The van der Waals surface area contributed by atoms with Crippen molar-refractivity contribution in [1.29, 1.82) is 0 Å². The fraction of sp³-hybridized carbons (Fsp3) is 0.393. The number of hydrogen-bond acceptors (Lipinski definition) is 12. The Morgan fingerprint density at radius 2 is 1.84 bits per heavy atom. The fourth-order valence-corrected chi connectivity index (χ4v) is 5.93. The molecule has 17 heteroatoms. The van der Waals surface area contributed by atoms with Gasteiger partial charge in [-0.1, -0.05) is 58.5 Å². The van der Waals surface area contributed by atoms with Crippen molar-refractivity contribution in [2.75, 3.05) is 12.3 Å². The van der Waals surface area contributed by atoms with Crippen LogP contribution in [0.25, 0.3) is 10.4 Å². The molecule has 2 saturated heterocycles. The zero-order valence-corrected chi connectivity index (χ0v) is 25.6. The number of benzene rings is 2. The monoisotopic (exact) mass is 641 g/mol. The molecule has 0 saturated carbocycles. The molecule has 16 nitrogen and oxygen atoms in total. The molecule has 2 fully saturated rings. The third-order valence-electron chi connectivity index (χ3n) is 6.97. The van der Waals surface area contributed by atoms with Crippen LogP contribution in [0.1, 0.15) is 32.6 Å². The van der Waals surface area contributed by atoms with E-state index in [9.17, 15) is 19.7 Å². The summed E-state index contributed by atoms with van der Waals surface area (Å²) in [5.74, 6) is -1.65. The van der Waals surface area contributed by atoms with Crippen LogP contribution in [0.5, 0.6) is 5.75 Å². The number of para-hydroxylation sites is 1. The van der Waals surface area contributed by atoms with Crippen molar-refractivity contribution in [3.8, 4) is 5.75 Å². The maximum absolute atomic E-state index is 13.7. The van der Waals surface area contributed by atoms with Crippen LogP contribution in [0, 0.1) is 0 Å². The molecular formula is C28H32N7O9P. The van der Waals surface area contributed by atoms with E-state index in [-0.39, 0.29) is 18.2 Å². The Bertz CT molecular complexity index is 1640. The second kappa shape index (κ2) is 13.4. The maximum Gasteiger partial charge on any atom is 0.351 e. The smallest absolute Gasteiger partial charge is 0.351 e. The molecule has 5 rings (SSSR count). The Morgan fingerprint density at radius 1 is 1.16 bits per heavy atom. The topological polar surface area (TPSA) is 202 Å². The van der Waals surface area contributed by atoms with Gasteiger partial charge in [0, 0.05) is 11.1 Å². The first-order valence-corrected chi connectivity index (χ1v) is 15.1. The van der Waals surface area contributed by atoms with Gasteiger partial charge in [0.25, 0.3) is 8.18 Å². The molecule has 45 heavy (non-hydrogen) atoms. The summed E-state index contributed by atoms with van der Waals surface area (Å²) in [6.07, 6.45) is -1.90. The zero-order valence-electron chi connectivity index (χ0n) is 24.6. The lowest BCUT2D eigenvalue weighted by Gasteiger charge is -2.32. The molecule has 0 aliphatic carbocycles. The molecule has 2 aromatic carbocycles. The van der Waals surface area contributed by atoms with Gasteiger partial charge >= 0.3 is 11.7 Å². The number of hydroxylamine groups is 1. The van der Waals surface area contributed by atoms with Crippen LogP contribution in [0.2, 0.25) is 0 Å². The lowest BCUT2D eigenvalue weighted by atomic mass is 10.1. The quantitative estimate of drug-likeness (QED) is 0.0751. The zero-order chi connectivity index (χ0) is 32.2. The van der Waals surface area contributed by atoms with Crippen molar-refractivity contribution in [2.45, 2.75) is 63.4 Å². The normalized spacial score (nSPS) is 24.8. The molecule has 0 amide bonds. The van der Waals surface area contributed by atoms with E-state index in [2.05, 4.69) is 15.0 Å². The van der Waals surface area contributed by atoms with Gasteiger partial charge in [0.05, 0.1) is 6.61 Å². The molecule has 3 aromatic rings. The minimum atomic E-state index is -3.44. The molecule has 0 spiro atoms. The minimum Gasteiger partial charge on any atom is -0.460 e. The van der Waals surface area contributed by atoms with Crippen LogP contribution in [-0.4, -0.2) is 56.7 Å². The molecule has 238 valence electrons. The summed E-state index contributed by atoms with van der Waals surface area (Å²) in [5.41, 5.74) is 13.2. The molecule has 0 bridgehead atoms. The second-order valence-electron chi connectivity index (χ2n) is 10.7. The lowest BCUT2D eigenvalue weighted by Crippen LogP contribution is -2.45. The molecular weight excluding hydrogens is 609 g/mol. The van der Waals surface area contributed by atoms with Crippen LogP contribution >= 0.6 is 8.18 Å². The molecule has 0 radical (unpaired) electrons. The van der Waals surface area contributed by atoms with Crippen molar-refractivity contribution < 1.29 is 37.7 Å². The number of rotatable bonds is 12. The van der Waals surface area contributed by atoms with E-state index in [1.807, 2.05) is 18.2 Å². The number of aromatic nitrogens is 2. The van der Waals surface area contributed by atoms with Crippen molar-refractivity contribution in [1.82, 2.24) is 14.4 Å². The number of nitrogens with zero attached hydrogens (tertiary/aromatic N) is 6. The highest BCUT2D eigenvalue weighted by Gasteiger charge is 2.64. The van der Waals surface area contributed by atoms with Gasteiger partial charge in [-0.3, -0.25) is 13.9 Å². The van der Waals surface area contributed by atoms with Gasteiger partial charge in [0.1, 0.15) is 36.4 Å². The number of carbonyl (C=O) groups is 1. The number of anilines is 1. The third kappa shape index (κ3) is 7.18. The van der Waals surface area contributed by atoms with E-state index in [4.69, 9.17) is 34.0 Å². The number of nitrogen functional groups attached to an aromatic ring is 1. The van der Waals surface area contributed by atoms with Crippen LogP contribution in [-0.2, 0) is 39.4 Å². The van der Waals surface area contributed by atoms with Gasteiger partial charge < -0.3 is 34.0 Å². The summed E-state index contributed by atoms with van der Waals surface area (Å²) < 4.78 is 44.2. The van der Waals surface area contributed by atoms with E-state index in [0.717, 1.165) is 15.0 Å². The van der Waals surface area contributed by atoms with Crippen LogP contribution < -0.4 is 16.3 Å². The van der Waals surface area contributed by atoms with Gasteiger partial charge in [-0.15, -0.1) is 0 Å². The number of hydrogen-bond donors (Lipinski definition) is 1. The molecule has 3 heterocycles. The minimum absolute atomic E-state index is 0.00659. The Balaban J connectivity index is 1.39. The highest BCUT2D eigenvalue weighted by atomic mass is 31.1. The van der Waals surface area contributed by atoms with Gasteiger partial charge in [-0.2, -0.15) is 4.98 Å².